The van der Waals surface area contributed by atoms with Gasteiger partial charge < -0.3 is 20.5 Å². The number of nitrogens with two attached hydrogens (primary N) is 1. The van der Waals surface area contributed by atoms with Gasteiger partial charge in [0.25, 0.3) is 0 Å². The number of hydrogen-bond donors (Lipinski definition) is 3. The Hall–Kier alpha value is -2.28. The normalized spacial score (nSPS) is 10.9. The fourth-order valence-corrected chi connectivity index (χ4v) is 1.55. The molecule has 0 saturated carbocycles. The zero-order valence-electron chi connectivity index (χ0n) is 11.2. The molecule has 0 fully saturated rings. The van der Waals surface area contributed by atoms with Crippen LogP contribution in [0.4, 0.5) is 4.79 Å². The molecule has 0 aromatic heterocycles. The summed E-state index contributed by atoms with van der Waals surface area (Å²) >= 11 is 0. The van der Waals surface area contributed by atoms with Crippen LogP contribution < -0.4 is 15.9 Å². The van der Waals surface area contributed by atoms with Gasteiger partial charge in [0.1, 0.15) is 0 Å². The molecule has 0 aliphatic carbocycles. The van der Waals surface area contributed by atoms with E-state index >= 15 is 0 Å². The van der Waals surface area contributed by atoms with Gasteiger partial charge in [-0.3, -0.25) is 0 Å². The molecule has 0 saturated heterocycles. The minimum Gasteiger partial charge on any atom is -0.504 e. The van der Waals surface area contributed by atoms with Gasteiger partial charge in [-0.05, 0) is 31.8 Å². The zero-order valence-corrected chi connectivity index (χ0v) is 11.2. The van der Waals surface area contributed by atoms with Gasteiger partial charge in [-0.15, -0.1) is 0 Å². The first-order chi connectivity index (χ1) is 8.93. The number of phenolic OH excluding ortho intramolecular Hbond substituents is 1. The first-order valence-corrected chi connectivity index (χ1v) is 5.57. The number of carbonyl (C=O) groups is 1. The summed E-state index contributed by atoms with van der Waals surface area (Å²) in [6, 6.07) is 2.63. The molecule has 0 heterocycles. The number of benzene rings is 1. The van der Waals surface area contributed by atoms with E-state index in [4.69, 9.17) is 10.5 Å². The molecule has 1 aromatic rings. The molecule has 7 nitrogen and oxygen atoms in total. The maximum Gasteiger partial charge on any atom is 0.332 e. The SMILES string of the molecule is COc1cc(C=NNC(N)=O)cc(CN(C)C)c1O. The van der Waals surface area contributed by atoms with E-state index in [0.717, 1.165) is 0 Å². The van der Waals surface area contributed by atoms with Crippen LogP contribution in [0.3, 0.4) is 0 Å². The second-order valence-corrected chi connectivity index (χ2v) is 4.20. The average Bonchev–Trinajstić information content (AvgIpc) is 2.31. The summed E-state index contributed by atoms with van der Waals surface area (Å²) in [6.07, 6.45) is 1.42. The Kier molecular flexibility index (Phi) is 5.13. The highest BCUT2D eigenvalue weighted by Crippen LogP contribution is 2.31. The van der Waals surface area contributed by atoms with Crippen LogP contribution in [0.2, 0.25) is 0 Å². The number of hydrazone groups is 1. The van der Waals surface area contributed by atoms with Crippen LogP contribution in [-0.4, -0.2) is 43.5 Å². The fourth-order valence-electron chi connectivity index (χ4n) is 1.55. The maximum absolute atomic E-state index is 10.5. The minimum atomic E-state index is -0.740. The zero-order chi connectivity index (χ0) is 14.4. The molecule has 1 rings (SSSR count). The van der Waals surface area contributed by atoms with Gasteiger partial charge in [0.2, 0.25) is 0 Å². The average molecular weight is 266 g/mol. The predicted molar refractivity (Wildman–Crippen MR) is 72.4 cm³/mol. The van der Waals surface area contributed by atoms with E-state index in [1.165, 1.54) is 13.3 Å². The van der Waals surface area contributed by atoms with Crippen LogP contribution in [0.5, 0.6) is 11.5 Å². The second-order valence-electron chi connectivity index (χ2n) is 4.20. The second kappa shape index (κ2) is 6.60. The van der Waals surface area contributed by atoms with Gasteiger partial charge in [-0.1, -0.05) is 0 Å². The van der Waals surface area contributed by atoms with Crippen molar-refractivity contribution in [3.05, 3.63) is 23.3 Å². The van der Waals surface area contributed by atoms with Gasteiger partial charge in [0, 0.05) is 12.1 Å². The molecule has 104 valence electrons. The van der Waals surface area contributed by atoms with E-state index in [2.05, 4.69) is 10.5 Å². The standard InChI is InChI=1S/C12H18N4O3/c1-16(2)7-9-4-8(6-14-15-12(13)18)5-10(19-3)11(9)17/h4-6,17H,7H2,1-3H3,(H3,13,15,18). The van der Waals surface area contributed by atoms with Crippen molar-refractivity contribution in [1.29, 1.82) is 0 Å². The Morgan fingerprint density at radius 2 is 2.26 bits per heavy atom. The Balaban J connectivity index is 3.05. The molecule has 19 heavy (non-hydrogen) atoms. The number of nitrogens with one attached hydrogen (secondary N) is 1. The van der Waals surface area contributed by atoms with Crippen LogP contribution >= 0.6 is 0 Å². The summed E-state index contributed by atoms with van der Waals surface area (Å²) in [7, 11) is 5.25. The van der Waals surface area contributed by atoms with Gasteiger partial charge in [0.15, 0.2) is 11.5 Å². The van der Waals surface area contributed by atoms with Gasteiger partial charge in [-0.25, -0.2) is 10.2 Å². The third kappa shape index (κ3) is 4.47. The molecule has 7 heteroatoms. The molecule has 0 radical (unpaired) electrons. The smallest absolute Gasteiger partial charge is 0.332 e. The summed E-state index contributed by atoms with van der Waals surface area (Å²) in [5.74, 6) is 0.441. The topological polar surface area (TPSA) is 100 Å². The van der Waals surface area contributed by atoms with Gasteiger partial charge >= 0.3 is 6.03 Å². The Bertz CT molecular complexity index is 486. The van der Waals surface area contributed by atoms with Crippen LogP contribution in [0.15, 0.2) is 17.2 Å². The molecule has 0 spiro atoms. The third-order valence-corrected chi connectivity index (χ3v) is 2.27. The molecule has 0 atom stereocenters. The summed E-state index contributed by atoms with van der Waals surface area (Å²) in [5, 5.41) is 13.7. The minimum absolute atomic E-state index is 0.0937. The van der Waals surface area contributed by atoms with E-state index in [1.54, 1.807) is 12.1 Å². The largest absolute Gasteiger partial charge is 0.504 e. The van der Waals surface area contributed by atoms with E-state index in [-0.39, 0.29) is 5.75 Å². The van der Waals surface area contributed by atoms with E-state index in [0.29, 0.717) is 23.4 Å². The highest BCUT2D eigenvalue weighted by molar-refractivity contribution is 5.83. The quantitative estimate of drug-likeness (QED) is 0.532. The lowest BCUT2D eigenvalue weighted by atomic mass is 10.1. The van der Waals surface area contributed by atoms with Crippen LogP contribution in [0, 0.1) is 0 Å². The number of amides is 2. The van der Waals surface area contributed by atoms with Crippen molar-refractivity contribution in [3.63, 3.8) is 0 Å². The lowest BCUT2D eigenvalue weighted by Gasteiger charge is -2.14. The summed E-state index contributed by atoms with van der Waals surface area (Å²) in [6.45, 7) is 0.549. The molecule has 1 aromatic carbocycles. The predicted octanol–water partition coefficient (Wildman–Crippen LogP) is 0.465. The van der Waals surface area contributed by atoms with E-state index in [9.17, 15) is 9.90 Å². The maximum atomic E-state index is 10.5. The number of ether oxygens (including phenoxy) is 1. The van der Waals surface area contributed by atoms with Gasteiger partial charge in [0.05, 0.1) is 13.3 Å². The van der Waals surface area contributed by atoms with E-state index < -0.39 is 6.03 Å². The fraction of sp³-hybridized carbons (Fsp3) is 0.333. The highest BCUT2D eigenvalue weighted by atomic mass is 16.5. The van der Waals surface area contributed by atoms with Crippen molar-refractivity contribution in [3.8, 4) is 11.5 Å². The number of methoxy groups -OCH3 is 1. The first-order valence-electron chi connectivity index (χ1n) is 5.57. The lowest BCUT2D eigenvalue weighted by Crippen LogP contribution is -2.24. The Labute approximate surface area is 111 Å². The van der Waals surface area contributed by atoms with Crippen molar-refractivity contribution in [2.24, 2.45) is 10.8 Å². The first kappa shape index (κ1) is 14.8. The highest BCUT2D eigenvalue weighted by Gasteiger charge is 2.10. The van der Waals surface area contributed by atoms with Crippen molar-refractivity contribution in [2.75, 3.05) is 21.2 Å². The van der Waals surface area contributed by atoms with Crippen molar-refractivity contribution >= 4 is 12.2 Å². The van der Waals surface area contributed by atoms with Crippen LogP contribution in [0.1, 0.15) is 11.1 Å². The molecule has 0 aliphatic rings. The van der Waals surface area contributed by atoms with Crippen LogP contribution in [-0.2, 0) is 6.54 Å². The number of urea groups is 1. The van der Waals surface area contributed by atoms with Crippen LogP contribution in [0.25, 0.3) is 0 Å². The Morgan fingerprint density at radius 1 is 1.58 bits per heavy atom. The summed E-state index contributed by atoms with van der Waals surface area (Å²) < 4.78 is 5.09. The Morgan fingerprint density at radius 3 is 2.79 bits per heavy atom. The molecule has 2 amide bonds. The molecule has 0 unspecified atom stereocenters. The molecular weight excluding hydrogens is 248 g/mol. The monoisotopic (exact) mass is 266 g/mol. The van der Waals surface area contributed by atoms with Crippen molar-refractivity contribution < 1.29 is 14.6 Å². The molecular formula is C12H18N4O3. The van der Waals surface area contributed by atoms with Crippen molar-refractivity contribution in [1.82, 2.24) is 10.3 Å². The number of aromatic hydroxyl groups is 1. The number of rotatable bonds is 5. The number of carbonyl (C=O) groups excluding carboxylic acids is 1. The van der Waals surface area contributed by atoms with E-state index in [1.807, 2.05) is 19.0 Å². The number of nitrogens with zero attached hydrogens (tertiary/aromatic N) is 2. The number of primary amides is 1. The molecule has 0 bridgehead atoms. The number of phenols is 1. The third-order valence-electron chi connectivity index (χ3n) is 2.27. The number of hydrogen-bond acceptors (Lipinski definition) is 5. The molecule has 0 aliphatic heterocycles. The van der Waals surface area contributed by atoms with Gasteiger partial charge in [-0.2, -0.15) is 5.10 Å². The summed E-state index contributed by atoms with van der Waals surface area (Å²) in [5.41, 5.74) is 8.38. The molecule has 4 N–H and O–H groups in total. The van der Waals surface area contributed by atoms with Crippen molar-refractivity contribution in [2.45, 2.75) is 6.54 Å². The lowest BCUT2D eigenvalue weighted by molar-refractivity contribution is 0.249. The summed E-state index contributed by atoms with van der Waals surface area (Å²) in [4.78, 5) is 12.4.